The molecule has 0 unspecified atom stereocenters. The van der Waals surface area contributed by atoms with Gasteiger partial charge in [-0.25, -0.2) is 0 Å². The third kappa shape index (κ3) is 2.74. The zero-order valence-electron chi connectivity index (χ0n) is 12.5. The van der Waals surface area contributed by atoms with Crippen molar-refractivity contribution in [3.05, 3.63) is 67.2 Å². The molecule has 24 heavy (non-hydrogen) atoms. The van der Waals surface area contributed by atoms with E-state index in [2.05, 4.69) is 4.98 Å². The lowest BCUT2D eigenvalue weighted by molar-refractivity contribution is 0.404. The SMILES string of the molecule is Br.Oc1ccc(-c2ccc3c(-c4cccnc4)coc3c2)cc1O. The molecule has 2 aromatic carbocycles. The summed E-state index contributed by atoms with van der Waals surface area (Å²) in [5.41, 5.74) is 4.46. The van der Waals surface area contributed by atoms with Gasteiger partial charge in [0.15, 0.2) is 11.5 Å². The number of nitrogens with zero attached hydrogens (tertiary/aromatic N) is 1. The molecule has 2 aromatic heterocycles. The van der Waals surface area contributed by atoms with Gasteiger partial charge in [0.2, 0.25) is 0 Å². The Kier molecular flexibility index (Phi) is 4.27. The van der Waals surface area contributed by atoms with Crippen LogP contribution in [0.1, 0.15) is 0 Å². The van der Waals surface area contributed by atoms with Gasteiger partial charge < -0.3 is 14.6 Å². The predicted octanol–water partition coefficient (Wildman–Crippen LogP) is 5.15. The third-order valence-corrected chi connectivity index (χ3v) is 3.86. The first-order valence-corrected chi connectivity index (χ1v) is 7.16. The van der Waals surface area contributed by atoms with Gasteiger partial charge in [0.1, 0.15) is 5.58 Å². The molecular formula is C19H14BrNO3. The van der Waals surface area contributed by atoms with E-state index < -0.39 is 0 Å². The molecule has 0 fully saturated rings. The number of furan rings is 1. The van der Waals surface area contributed by atoms with E-state index in [1.807, 2.05) is 30.3 Å². The molecule has 0 aliphatic heterocycles. The van der Waals surface area contributed by atoms with Crippen molar-refractivity contribution >= 4 is 28.0 Å². The first kappa shape index (κ1) is 16.1. The maximum absolute atomic E-state index is 9.65. The standard InChI is InChI=1S/C19H13NO3.BrH/c21-17-6-4-12(8-18(17)22)13-3-5-15-16(11-23-19(15)9-13)14-2-1-7-20-10-14;/h1-11,21-22H;1H. The molecule has 0 saturated carbocycles. The van der Waals surface area contributed by atoms with E-state index in [1.54, 1.807) is 24.7 Å². The van der Waals surface area contributed by atoms with Crippen LogP contribution in [-0.4, -0.2) is 15.2 Å². The summed E-state index contributed by atoms with van der Waals surface area (Å²) < 4.78 is 5.68. The quantitative estimate of drug-likeness (QED) is 0.469. The fourth-order valence-corrected chi connectivity index (χ4v) is 2.66. The molecule has 4 rings (SSSR count). The van der Waals surface area contributed by atoms with E-state index >= 15 is 0 Å². The number of halogens is 1. The zero-order chi connectivity index (χ0) is 15.8. The molecule has 0 radical (unpaired) electrons. The Hall–Kier alpha value is -2.79. The molecule has 4 aromatic rings. The van der Waals surface area contributed by atoms with Crippen molar-refractivity contribution in [2.75, 3.05) is 0 Å². The van der Waals surface area contributed by atoms with Gasteiger partial charge in [0, 0.05) is 28.9 Å². The summed E-state index contributed by atoms with van der Waals surface area (Å²) in [6, 6.07) is 14.5. The van der Waals surface area contributed by atoms with Crippen molar-refractivity contribution in [3.63, 3.8) is 0 Å². The number of phenols is 2. The molecule has 4 nitrogen and oxygen atoms in total. The highest BCUT2D eigenvalue weighted by Crippen LogP contribution is 2.35. The van der Waals surface area contributed by atoms with E-state index in [9.17, 15) is 10.2 Å². The van der Waals surface area contributed by atoms with Crippen LogP contribution in [0.3, 0.4) is 0 Å². The van der Waals surface area contributed by atoms with Gasteiger partial charge in [0.25, 0.3) is 0 Å². The number of phenolic OH excluding ortho intramolecular Hbond substituents is 2. The van der Waals surface area contributed by atoms with Crippen molar-refractivity contribution in [1.82, 2.24) is 4.98 Å². The molecule has 0 aliphatic rings. The fourth-order valence-electron chi connectivity index (χ4n) is 2.66. The molecule has 2 heterocycles. The molecule has 2 N–H and O–H groups in total. The Bertz CT molecular complexity index is 996. The molecule has 0 amide bonds. The monoisotopic (exact) mass is 383 g/mol. The summed E-state index contributed by atoms with van der Waals surface area (Å²) >= 11 is 0. The smallest absolute Gasteiger partial charge is 0.158 e. The Morgan fingerprint density at radius 2 is 1.62 bits per heavy atom. The lowest BCUT2D eigenvalue weighted by Gasteiger charge is -2.04. The van der Waals surface area contributed by atoms with Crippen LogP contribution in [0.4, 0.5) is 0 Å². The van der Waals surface area contributed by atoms with Crippen molar-refractivity contribution in [1.29, 1.82) is 0 Å². The molecule has 120 valence electrons. The largest absolute Gasteiger partial charge is 0.504 e. The number of fused-ring (bicyclic) bond motifs is 1. The number of aromatic nitrogens is 1. The van der Waals surface area contributed by atoms with E-state index in [0.29, 0.717) is 0 Å². The lowest BCUT2D eigenvalue weighted by Crippen LogP contribution is -1.80. The van der Waals surface area contributed by atoms with E-state index in [1.165, 1.54) is 12.1 Å². The van der Waals surface area contributed by atoms with Crippen LogP contribution < -0.4 is 0 Å². The Morgan fingerprint density at radius 3 is 2.38 bits per heavy atom. The number of pyridine rings is 1. The lowest BCUT2D eigenvalue weighted by atomic mass is 10.0. The van der Waals surface area contributed by atoms with Crippen molar-refractivity contribution in [2.24, 2.45) is 0 Å². The number of hydrogen-bond donors (Lipinski definition) is 2. The maximum atomic E-state index is 9.65. The zero-order valence-corrected chi connectivity index (χ0v) is 14.2. The fraction of sp³-hybridized carbons (Fsp3) is 0. The average molecular weight is 384 g/mol. The molecule has 0 bridgehead atoms. The van der Waals surface area contributed by atoms with Crippen LogP contribution in [0, 0.1) is 0 Å². The molecule has 0 aliphatic carbocycles. The van der Waals surface area contributed by atoms with Crippen LogP contribution >= 0.6 is 17.0 Å². The van der Waals surface area contributed by atoms with Gasteiger partial charge in [-0.1, -0.05) is 18.2 Å². The second kappa shape index (κ2) is 6.37. The molecule has 0 saturated heterocycles. The van der Waals surface area contributed by atoms with Gasteiger partial charge in [-0.05, 0) is 41.5 Å². The third-order valence-electron chi connectivity index (χ3n) is 3.86. The average Bonchev–Trinajstić information content (AvgIpc) is 3.01. The summed E-state index contributed by atoms with van der Waals surface area (Å²) in [5.74, 6) is -0.273. The minimum absolute atomic E-state index is 0. The molecular weight excluding hydrogens is 370 g/mol. The van der Waals surface area contributed by atoms with Gasteiger partial charge >= 0.3 is 0 Å². The van der Waals surface area contributed by atoms with Crippen LogP contribution in [0.25, 0.3) is 33.2 Å². The summed E-state index contributed by atoms with van der Waals surface area (Å²) in [6.07, 6.45) is 5.26. The van der Waals surface area contributed by atoms with Crippen molar-refractivity contribution in [2.45, 2.75) is 0 Å². The minimum atomic E-state index is -0.141. The first-order valence-electron chi connectivity index (χ1n) is 7.16. The second-order valence-electron chi connectivity index (χ2n) is 5.31. The molecule has 0 spiro atoms. The Balaban J connectivity index is 0.00000169. The topological polar surface area (TPSA) is 66.5 Å². The van der Waals surface area contributed by atoms with Crippen LogP contribution in [0.5, 0.6) is 11.5 Å². The highest BCUT2D eigenvalue weighted by atomic mass is 79.9. The normalized spacial score (nSPS) is 10.5. The Morgan fingerprint density at radius 1 is 0.833 bits per heavy atom. The molecule has 0 atom stereocenters. The van der Waals surface area contributed by atoms with Crippen LogP contribution in [-0.2, 0) is 0 Å². The highest BCUT2D eigenvalue weighted by molar-refractivity contribution is 8.93. The highest BCUT2D eigenvalue weighted by Gasteiger charge is 2.10. The predicted molar refractivity (Wildman–Crippen MR) is 98.5 cm³/mol. The van der Waals surface area contributed by atoms with Gasteiger partial charge in [0.05, 0.1) is 6.26 Å². The number of hydrogen-bond acceptors (Lipinski definition) is 4. The van der Waals surface area contributed by atoms with E-state index in [4.69, 9.17) is 4.42 Å². The number of aromatic hydroxyl groups is 2. The van der Waals surface area contributed by atoms with E-state index in [-0.39, 0.29) is 28.5 Å². The van der Waals surface area contributed by atoms with E-state index in [0.717, 1.165) is 33.2 Å². The maximum Gasteiger partial charge on any atom is 0.158 e. The summed E-state index contributed by atoms with van der Waals surface area (Å²) in [6.45, 7) is 0. The first-order chi connectivity index (χ1) is 11.2. The Labute approximate surface area is 148 Å². The van der Waals surface area contributed by atoms with Crippen molar-refractivity contribution < 1.29 is 14.6 Å². The van der Waals surface area contributed by atoms with Gasteiger partial charge in [-0.2, -0.15) is 0 Å². The molecule has 5 heteroatoms. The van der Waals surface area contributed by atoms with Crippen LogP contribution in [0.15, 0.2) is 71.6 Å². The number of rotatable bonds is 2. The van der Waals surface area contributed by atoms with Crippen LogP contribution in [0.2, 0.25) is 0 Å². The van der Waals surface area contributed by atoms with Gasteiger partial charge in [-0.3, -0.25) is 4.98 Å². The second-order valence-corrected chi connectivity index (χ2v) is 5.31. The minimum Gasteiger partial charge on any atom is -0.504 e. The summed E-state index contributed by atoms with van der Waals surface area (Å²) in [4.78, 5) is 4.14. The summed E-state index contributed by atoms with van der Waals surface area (Å²) in [7, 11) is 0. The van der Waals surface area contributed by atoms with Crippen molar-refractivity contribution in [3.8, 4) is 33.8 Å². The summed E-state index contributed by atoms with van der Waals surface area (Å²) in [5, 5.41) is 20.1. The number of benzene rings is 2. The van der Waals surface area contributed by atoms with Gasteiger partial charge in [-0.15, -0.1) is 17.0 Å².